The van der Waals surface area contributed by atoms with Crippen molar-refractivity contribution in [3.8, 4) is 0 Å². The fraction of sp³-hybridized carbons (Fsp3) is 0.273. The highest BCUT2D eigenvalue weighted by atomic mass is 35.5. The summed E-state index contributed by atoms with van der Waals surface area (Å²) in [6, 6.07) is 4.11. The molecule has 0 saturated carbocycles. The van der Waals surface area contributed by atoms with Crippen LogP contribution in [-0.4, -0.2) is 0 Å². The van der Waals surface area contributed by atoms with E-state index >= 15 is 0 Å². The molecule has 0 saturated heterocycles. The monoisotopic (exact) mass is 249 g/mol. The number of hydrogen-bond donors (Lipinski definition) is 1. The van der Waals surface area contributed by atoms with Crippen molar-refractivity contribution in [1.82, 2.24) is 0 Å². The largest absolute Gasteiger partial charge is 0.324 e. The van der Waals surface area contributed by atoms with Gasteiger partial charge >= 0.3 is 0 Å². The molecule has 15 heavy (non-hydrogen) atoms. The van der Waals surface area contributed by atoms with Gasteiger partial charge in [0.1, 0.15) is 5.82 Å². The molecule has 0 spiro atoms. The van der Waals surface area contributed by atoms with Gasteiger partial charge in [0.15, 0.2) is 0 Å². The molecule has 1 aromatic rings. The molecule has 1 rings (SSSR count). The van der Waals surface area contributed by atoms with Gasteiger partial charge in [-0.15, -0.1) is 19.0 Å². The Bertz CT molecular complexity index is 332. The Balaban J connectivity index is 0.00000196. The second kappa shape index (κ2) is 6.11. The van der Waals surface area contributed by atoms with Crippen LogP contribution < -0.4 is 5.73 Å². The third-order valence-corrected chi connectivity index (χ3v) is 2.10. The number of benzene rings is 1. The van der Waals surface area contributed by atoms with E-state index in [2.05, 4.69) is 6.58 Å². The summed E-state index contributed by atoms with van der Waals surface area (Å²) in [5.41, 5.74) is 7.52. The van der Waals surface area contributed by atoms with E-state index in [1.165, 1.54) is 12.1 Å². The highest BCUT2D eigenvalue weighted by Crippen LogP contribution is 2.22. The van der Waals surface area contributed by atoms with Crippen LogP contribution in [0.25, 0.3) is 0 Å². The summed E-state index contributed by atoms with van der Waals surface area (Å²) in [6.45, 7) is 5.65. The Morgan fingerprint density at radius 3 is 2.60 bits per heavy atom. The van der Waals surface area contributed by atoms with Gasteiger partial charge in [0, 0.05) is 11.1 Å². The zero-order chi connectivity index (χ0) is 10.7. The van der Waals surface area contributed by atoms with E-state index < -0.39 is 0 Å². The molecule has 0 heterocycles. The third-order valence-electron chi connectivity index (χ3n) is 1.88. The summed E-state index contributed by atoms with van der Waals surface area (Å²) in [5, 5.41) is 0.372. The van der Waals surface area contributed by atoms with Crippen molar-refractivity contribution in [3.05, 3.63) is 46.8 Å². The second-order valence-electron chi connectivity index (χ2n) is 3.47. The number of rotatable bonds is 3. The van der Waals surface area contributed by atoms with Crippen LogP contribution in [0.3, 0.4) is 0 Å². The molecule has 0 aliphatic carbocycles. The van der Waals surface area contributed by atoms with Crippen molar-refractivity contribution < 1.29 is 4.39 Å². The van der Waals surface area contributed by atoms with Gasteiger partial charge in [-0.05, 0) is 37.1 Å². The van der Waals surface area contributed by atoms with E-state index in [-0.39, 0.29) is 24.3 Å². The normalized spacial score (nSPS) is 11.7. The van der Waals surface area contributed by atoms with Gasteiger partial charge < -0.3 is 5.73 Å². The summed E-state index contributed by atoms with van der Waals surface area (Å²) in [4.78, 5) is 0. The molecular formula is C11H14Cl2FN. The molecule has 1 nitrogen and oxygen atoms in total. The smallest absolute Gasteiger partial charge is 0.125 e. The fourth-order valence-corrected chi connectivity index (χ4v) is 1.51. The zero-order valence-electron chi connectivity index (χ0n) is 8.47. The van der Waals surface area contributed by atoms with Crippen molar-refractivity contribution in [1.29, 1.82) is 0 Å². The van der Waals surface area contributed by atoms with E-state index in [1.54, 1.807) is 6.07 Å². The van der Waals surface area contributed by atoms with Crippen molar-refractivity contribution in [3.63, 3.8) is 0 Å². The molecule has 0 fully saturated rings. The van der Waals surface area contributed by atoms with Gasteiger partial charge in [-0.1, -0.05) is 17.2 Å². The van der Waals surface area contributed by atoms with E-state index in [0.29, 0.717) is 17.0 Å². The van der Waals surface area contributed by atoms with Crippen molar-refractivity contribution in [2.24, 2.45) is 5.73 Å². The van der Waals surface area contributed by atoms with Crippen LogP contribution >= 0.6 is 24.0 Å². The van der Waals surface area contributed by atoms with E-state index in [0.717, 1.165) is 5.57 Å². The van der Waals surface area contributed by atoms with Crippen LogP contribution in [0.4, 0.5) is 4.39 Å². The second-order valence-corrected chi connectivity index (χ2v) is 3.91. The van der Waals surface area contributed by atoms with Crippen LogP contribution in [0.2, 0.25) is 5.02 Å². The van der Waals surface area contributed by atoms with Gasteiger partial charge in [0.05, 0.1) is 0 Å². The molecule has 1 atom stereocenters. The first-order valence-electron chi connectivity index (χ1n) is 4.35. The van der Waals surface area contributed by atoms with Gasteiger partial charge in [-0.2, -0.15) is 0 Å². The summed E-state index contributed by atoms with van der Waals surface area (Å²) in [6.07, 6.45) is 0.639. The summed E-state index contributed by atoms with van der Waals surface area (Å²) < 4.78 is 13.0. The summed E-state index contributed by atoms with van der Waals surface area (Å²) >= 11 is 5.71. The molecule has 2 N–H and O–H groups in total. The lowest BCUT2D eigenvalue weighted by Crippen LogP contribution is -2.10. The minimum Gasteiger partial charge on any atom is -0.324 e. The molecule has 0 amide bonds. The van der Waals surface area contributed by atoms with Crippen LogP contribution in [0.1, 0.15) is 24.9 Å². The van der Waals surface area contributed by atoms with E-state index in [1.807, 2.05) is 6.92 Å². The number of halogens is 3. The Kier molecular flexibility index (Phi) is 5.88. The predicted molar refractivity (Wildman–Crippen MR) is 65.0 cm³/mol. The molecule has 0 unspecified atom stereocenters. The first-order chi connectivity index (χ1) is 6.49. The number of hydrogen-bond acceptors (Lipinski definition) is 1. The van der Waals surface area contributed by atoms with E-state index in [9.17, 15) is 4.39 Å². The lowest BCUT2D eigenvalue weighted by Gasteiger charge is -2.12. The molecule has 1 aromatic carbocycles. The SMILES string of the molecule is C=C(C)C[C@@H](N)c1cc(F)cc(Cl)c1.Cl. The van der Waals surface area contributed by atoms with Crippen LogP contribution in [0, 0.1) is 5.82 Å². The Hall–Kier alpha value is -0.570. The zero-order valence-corrected chi connectivity index (χ0v) is 10.0. The van der Waals surface area contributed by atoms with Crippen LogP contribution in [-0.2, 0) is 0 Å². The first kappa shape index (κ1) is 14.4. The summed E-state index contributed by atoms with van der Waals surface area (Å²) in [5.74, 6) is -0.357. The van der Waals surface area contributed by atoms with Gasteiger partial charge in [0.25, 0.3) is 0 Å². The highest BCUT2D eigenvalue weighted by molar-refractivity contribution is 6.30. The van der Waals surface area contributed by atoms with Crippen molar-refractivity contribution in [2.45, 2.75) is 19.4 Å². The lowest BCUT2D eigenvalue weighted by molar-refractivity contribution is 0.618. The molecule has 0 bridgehead atoms. The maximum absolute atomic E-state index is 13.0. The average Bonchev–Trinajstić information content (AvgIpc) is 2.00. The first-order valence-corrected chi connectivity index (χ1v) is 4.73. The Morgan fingerprint density at radius 2 is 2.13 bits per heavy atom. The molecule has 0 aliphatic heterocycles. The minimum atomic E-state index is -0.357. The van der Waals surface area contributed by atoms with Crippen molar-refractivity contribution in [2.75, 3.05) is 0 Å². The van der Waals surface area contributed by atoms with Crippen LogP contribution in [0.5, 0.6) is 0 Å². The van der Waals surface area contributed by atoms with Gasteiger partial charge in [-0.3, -0.25) is 0 Å². The van der Waals surface area contributed by atoms with Crippen molar-refractivity contribution >= 4 is 24.0 Å². The molecule has 84 valence electrons. The van der Waals surface area contributed by atoms with Gasteiger partial charge in [0.2, 0.25) is 0 Å². The van der Waals surface area contributed by atoms with E-state index in [4.69, 9.17) is 17.3 Å². The number of nitrogens with two attached hydrogens (primary N) is 1. The quantitative estimate of drug-likeness (QED) is 0.809. The molecule has 0 aromatic heterocycles. The average molecular weight is 250 g/mol. The highest BCUT2D eigenvalue weighted by Gasteiger charge is 2.08. The third kappa shape index (κ3) is 4.65. The Labute approximate surface area is 101 Å². The predicted octanol–water partition coefficient (Wildman–Crippen LogP) is 3.87. The molecule has 4 heteroatoms. The maximum Gasteiger partial charge on any atom is 0.125 e. The lowest BCUT2D eigenvalue weighted by atomic mass is 10.0. The van der Waals surface area contributed by atoms with Crippen LogP contribution in [0.15, 0.2) is 30.4 Å². The minimum absolute atomic E-state index is 0. The Morgan fingerprint density at radius 1 is 1.53 bits per heavy atom. The topological polar surface area (TPSA) is 26.0 Å². The fourth-order valence-electron chi connectivity index (χ4n) is 1.28. The molecule has 0 aliphatic rings. The molecular weight excluding hydrogens is 236 g/mol. The maximum atomic E-state index is 13.0. The standard InChI is InChI=1S/C11H13ClFN.ClH/c1-7(2)3-11(14)8-4-9(12)6-10(13)5-8;/h4-6,11H,1,3,14H2,2H3;1H/t11-;/m1./s1. The molecule has 0 radical (unpaired) electrons. The van der Waals surface area contributed by atoms with Gasteiger partial charge in [-0.25, -0.2) is 4.39 Å². The summed E-state index contributed by atoms with van der Waals surface area (Å²) in [7, 11) is 0.